The number of anilines is 1. The lowest BCUT2D eigenvalue weighted by atomic mass is 9.85. The Hall–Kier alpha value is -3.39. The van der Waals surface area contributed by atoms with Crippen LogP contribution in [0.5, 0.6) is 11.5 Å². The van der Waals surface area contributed by atoms with Crippen molar-refractivity contribution >= 4 is 33.3 Å². The first-order valence-corrected chi connectivity index (χ1v) is 11.6. The molecule has 1 atom stereocenters. The number of thiazole rings is 1. The van der Waals surface area contributed by atoms with Crippen molar-refractivity contribution in [3.63, 3.8) is 0 Å². The van der Waals surface area contributed by atoms with Gasteiger partial charge >= 0.3 is 0 Å². The topological polar surface area (TPSA) is 78.3 Å². The van der Waals surface area contributed by atoms with E-state index in [9.17, 15) is 4.79 Å². The Balaban J connectivity index is 1.62. The molecule has 0 aliphatic carbocycles. The number of nitrogens with zero attached hydrogens (tertiary/aromatic N) is 3. The van der Waals surface area contributed by atoms with Crippen molar-refractivity contribution in [1.82, 2.24) is 14.8 Å². The number of aryl methyl sites for hydroxylation is 1. The molecule has 3 heterocycles. The fraction of sp³-hybridized carbons (Fsp3) is 0.292. The molecule has 4 aromatic rings. The lowest BCUT2D eigenvalue weighted by Crippen LogP contribution is -2.25. The van der Waals surface area contributed by atoms with Gasteiger partial charge < -0.3 is 14.8 Å². The molecule has 0 saturated heterocycles. The van der Waals surface area contributed by atoms with Crippen LogP contribution in [0.15, 0.2) is 42.5 Å². The van der Waals surface area contributed by atoms with Crippen LogP contribution >= 0.6 is 11.3 Å². The minimum absolute atomic E-state index is 0.0466. The quantitative estimate of drug-likeness (QED) is 0.446. The van der Waals surface area contributed by atoms with Gasteiger partial charge in [-0.15, -0.1) is 0 Å². The van der Waals surface area contributed by atoms with E-state index in [1.54, 1.807) is 4.68 Å². The number of ether oxygens (including phenoxy) is 2. The Morgan fingerprint density at radius 2 is 1.97 bits per heavy atom. The summed E-state index contributed by atoms with van der Waals surface area (Å²) in [4.78, 5) is 17.5. The molecule has 0 radical (unpaired) electrons. The zero-order chi connectivity index (χ0) is 22.2. The maximum absolute atomic E-state index is 12.7. The predicted molar refractivity (Wildman–Crippen MR) is 125 cm³/mol. The highest BCUT2D eigenvalue weighted by molar-refractivity contribution is 7.20. The van der Waals surface area contributed by atoms with E-state index in [0.29, 0.717) is 30.6 Å². The van der Waals surface area contributed by atoms with E-state index < -0.39 is 0 Å². The molecule has 8 heteroatoms. The number of rotatable bonds is 6. The predicted octanol–water partition coefficient (Wildman–Crippen LogP) is 5.06. The minimum atomic E-state index is -0.130. The van der Waals surface area contributed by atoms with Crippen LogP contribution in [0.4, 0.5) is 5.82 Å². The smallest absolute Gasteiger partial charge is 0.226 e. The molecule has 0 bridgehead atoms. The van der Waals surface area contributed by atoms with Gasteiger partial charge in [0.25, 0.3) is 0 Å². The second-order valence-corrected chi connectivity index (χ2v) is 8.60. The number of fused-ring (bicyclic) bond motifs is 2. The third-order valence-electron chi connectivity index (χ3n) is 5.54. The van der Waals surface area contributed by atoms with Crippen LogP contribution in [0.1, 0.15) is 43.0 Å². The highest BCUT2D eigenvalue weighted by atomic mass is 32.1. The number of carbonyl (C=O) groups is 1. The molecule has 0 spiro atoms. The van der Waals surface area contributed by atoms with Crippen molar-refractivity contribution < 1.29 is 14.3 Å². The second kappa shape index (κ2) is 8.27. The van der Waals surface area contributed by atoms with Gasteiger partial charge in [-0.3, -0.25) is 4.79 Å². The molecule has 164 valence electrons. The minimum Gasteiger partial charge on any atom is -0.494 e. The van der Waals surface area contributed by atoms with Gasteiger partial charge in [-0.2, -0.15) is 9.78 Å². The summed E-state index contributed by atoms with van der Waals surface area (Å²) in [6.07, 6.45) is 0.348. The van der Waals surface area contributed by atoms with Crippen LogP contribution in [0.3, 0.4) is 0 Å². The maximum Gasteiger partial charge on any atom is 0.226 e. The lowest BCUT2D eigenvalue weighted by molar-refractivity contribution is -0.116. The number of benzene rings is 2. The molecule has 32 heavy (non-hydrogen) atoms. The summed E-state index contributed by atoms with van der Waals surface area (Å²) in [5, 5.41) is 8.52. The lowest BCUT2D eigenvalue weighted by Gasteiger charge is -2.25. The summed E-state index contributed by atoms with van der Waals surface area (Å²) in [5.74, 6) is 2.12. The third kappa shape index (κ3) is 3.50. The summed E-state index contributed by atoms with van der Waals surface area (Å²) < 4.78 is 14.2. The van der Waals surface area contributed by atoms with Gasteiger partial charge in [0.1, 0.15) is 17.3 Å². The number of aromatic nitrogens is 3. The number of carbonyl (C=O) groups excluding carboxylic acids is 1. The molecule has 1 unspecified atom stereocenters. The highest BCUT2D eigenvalue weighted by Gasteiger charge is 2.34. The van der Waals surface area contributed by atoms with E-state index in [2.05, 4.69) is 5.32 Å². The van der Waals surface area contributed by atoms with Crippen molar-refractivity contribution in [2.75, 3.05) is 18.5 Å². The van der Waals surface area contributed by atoms with Crippen LogP contribution < -0.4 is 14.8 Å². The molecule has 7 nitrogen and oxygen atoms in total. The average Bonchev–Trinajstić information content (AvgIpc) is 3.34. The number of hydrogen-bond acceptors (Lipinski definition) is 6. The Morgan fingerprint density at radius 3 is 2.78 bits per heavy atom. The molecule has 1 N–H and O–H groups in total. The molecule has 2 aromatic carbocycles. The first-order valence-electron chi connectivity index (χ1n) is 10.7. The molecular weight excluding hydrogens is 424 g/mol. The maximum atomic E-state index is 12.7. The Bertz CT molecular complexity index is 1310. The van der Waals surface area contributed by atoms with E-state index in [1.807, 2.05) is 63.2 Å². The molecule has 0 fully saturated rings. The molecular formula is C24H24N4O3S. The Morgan fingerprint density at radius 1 is 1.16 bits per heavy atom. The number of amides is 1. The van der Waals surface area contributed by atoms with Crippen molar-refractivity contribution in [2.24, 2.45) is 0 Å². The summed E-state index contributed by atoms with van der Waals surface area (Å²) in [7, 11) is 0. The number of para-hydroxylation sites is 1. The SMILES string of the molecule is CCOc1ccc2nc(-n3nc(C)c4c3NC(=O)CC4c3ccccc3OCC)sc2c1. The first kappa shape index (κ1) is 20.5. The van der Waals surface area contributed by atoms with Crippen LogP contribution in [0.25, 0.3) is 15.3 Å². The van der Waals surface area contributed by atoms with E-state index in [4.69, 9.17) is 19.6 Å². The van der Waals surface area contributed by atoms with Crippen LogP contribution in [0, 0.1) is 6.92 Å². The van der Waals surface area contributed by atoms with Crippen LogP contribution in [-0.4, -0.2) is 33.9 Å². The van der Waals surface area contributed by atoms with Gasteiger partial charge in [0.15, 0.2) is 0 Å². The fourth-order valence-electron chi connectivity index (χ4n) is 4.25. The molecule has 1 aliphatic rings. The van der Waals surface area contributed by atoms with Gasteiger partial charge in [0, 0.05) is 23.5 Å². The normalized spacial score (nSPS) is 15.5. The van der Waals surface area contributed by atoms with Crippen LogP contribution in [0.2, 0.25) is 0 Å². The number of hydrogen-bond donors (Lipinski definition) is 1. The molecule has 1 amide bonds. The van der Waals surface area contributed by atoms with Gasteiger partial charge in [-0.1, -0.05) is 29.5 Å². The summed E-state index contributed by atoms with van der Waals surface area (Å²) in [5.41, 5.74) is 3.74. The van der Waals surface area contributed by atoms with E-state index in [0.717, 1.165) is 38.5 Å². The zero-order valence-corrected chi connectivity index (χ0v) is 19.0. The largest absolute Gasteiger partial charge is 0.494 e. The van der Waals surface area contributed by atoms with E-state index in [-0.39, 0.29) is 11.8 Å². The molecule has 1 aliphatic heterocycles. The molecule has 0 saturated carbocycles. The number of nitrogens with one attached hydrogen (secondary N) is 1. The van der Waals surface area contributed by atoms with Gasteiger partial charge in [-0.25, -0.2) is 4.98 Å². The van der Waals surface area contributed by atoms with Crippen molar-refractivity contribution in [1.29, 1.82) is 0 Å². The van der Waals surface area contributed by atoms with Gasteiger partial charge in [0.2, 0.25) is 11.0 Å². The van der Waals surface area contributed by atoms with Gasteiger partial charge in [0.05, 0.1) is 29.1 Å². The van der Waals surface area contributed by atoms with Crippen molar-refractivity contribution in [2.45, 2.75) is 33.1 Å². The summed E-state index contributed by atoms with van der Waals surface area (Å²) >= 11 is 1.52. The summed E-state index contributed by atoms with van der Waals surface area (Å²) in [6.45, 7) is 7.08. The molecule has 5 rings (SSSR count). The van der Waals surface area contributed by atoms with E-state index in [1.165, 1.54) is 11.3 Å². The monoisotopic (exact) mass is 448 g/mol. The fourth-order valence-corrected chi connectivity index (χ4v) is 5.20. The van der Waals surface area contributed by atoms with E-state index >= 15 is 0 Å². The highest BCUT2D eigenvalue weighted by Crippen LogP contribution is 2.43. The van der Waals surface area contributed by atoms with Crippen molar-refractivity contribution in [3.8, 4) is 16.6 Å². The average molecular weight is 449 g/mol. The summed E-state index contributed by atoms with van der Waals surface area (Å²) in [6, 6.07) is 13.8. The molecule has 2 aromatic heterocycles. The van der Waals surface area contributed by atoms with Crippen LogP contribution in [-0.2, 0) is 4.79 Å². The van der Waals surface area contributed by atoms with Crippen molar-refractivity contribution in [3.05, 3.63) is 59.3 Å². The Labute approximate surface area is 190 Å². The third-order valence-corrected chi connectivity index (χ3v) is 6.53. The second-order valence-electron chi connectivity index (χ2n) is 7.59. The van der Waals surface area contributed by atoms with Gasteiger partial charge in [-0.05, 0) is 45.0 Å². The standard InChI is InChI=1S/C24H24N4O3S/c1-4-30-15-10-11-18-20(12-15)32-24(25-18)28-23-22(14(3)27-28)17(13-21(29)26-23)16-8-6-7-9-19(16)31-5-2/h6-12,17H,4-5,13H2,1-3H3,(H,26,29). The zero-order valence-electron chi connectivity index (χ0n) is 18.2. The first-order chi connectivity index (χ1) is 15.6. The Kier molecular flexibility index (Phi) is 5.30.